The molecule has 3 N–H and O–H groups in total. The average molecular weight is 365 g/mol. The molecule has 21 heavy (non-hydrogen) atoms. The third-order valence-corrected chi connectivity index (χ3v) is 5.19. The number of halogens is 2. The zero-order chi connectivity index (χ0) is 14.8. The predicted octanol–water partition coefficient (Wildman–Crippen LogP) is 4.55. The van der Waals surface area contributed by atoms with E-state index in [1.54, 1.807) is 17.4 Å². The fourth-order valence-electron chi connectivity index (χ4n) is 2.41. The van der Waals surface area contributed by atoms with Gasteiger partial charge in [-0.25, -0.2) is 4.39 Å². The monoisotopic (exact) mass is 364 g/mol. The molecule has 1 aromatic heterocycles. The van der Waals surface area contributed by atoms with Gasteiger partial charge in [0, 0.05) is 4.70 Å². The standard InChI is InChI=1S/C16H14BrFN2S/c17-13-6-5-10(7-14(13)18)15(20-19)8-11-9-21-16-4-2-1-3-12(11)16/h1-7,9,15,20H,8,19H2. The van der Waals surface area contributed by atoms with Crippen LogP contribution in [-0.2, 0) is 6.42 Å². The zero-order valence-electron chi connectivity index (χ0n) is 11.1. The van der Waals surface area contributed by atoms with Gasteiger partial charge >= 0.3 is 0 Å². The molecule has 5 heteroatoms. The van der Waals surface area contributed by atoms with E-state index in [2.05, 4.69) is 38.9 Å². The largest absolute Gasteiger partial charge is 0.271 e. The molecule has 2 nitrogen and oxygen atoms in total. The minimum absolute atomic E-state index is 0.120. The maximum atomic E-state index is 13.7. The highest BCUT2D eigenvalue weighted by molar-refractivity contribution is 9.10. The van der Waals surface area contributed by atoms with E-state index < -0.39 is 0 Å². The SMILES string of the molecule is NNC(Cc1csc2ccccc12)c1ccc(Br)c(F)c1. The topological polar surface area (TPSA) is 38.0 Å². The van der Waals surface area contributed by atoms with Crippen molar-refractivity contribution in [1.29, 1.82) is 0 Å². The second-order valence-corrected chi connectivity index (χ2v) is 6.62. The number of rotatable bonds is 4. The van der Waals surface area contributed by atoms with E-state index >= 15 is 0 Å². The van der Waals surface area contributed by atoms with Crippen molar-refractivity contribution in [3.63, 3.8) is 0 Å². The Bertz CT molecular complexity index is 772. The van der Waals surface area contributed by atoms with Crippen molar-refractivity contribution >= 4 is 37.4 Å². The van der Waals surface area contributed by atoms with Crippen LogP contribution in [0.2, 0.25) is 0 Å². The average Bonchev–Trinajstić information content (AvgIpc) is 2.91. The first kappa shape index (κ1) is 14.7. The van der Waals surface area contributed by atoms with Crippen LogP contribution in [0.3, 0.4) is 0 Å². The molecule has 0 saturated heterocycles. The van der Waals surface area contributed by atoms with Gasteiger partial charge in [-0.2, -0.15) is 0 Å². The van der Waals surface area contributed by atoms with E-state index in [-0.39, 0.29) is 11.9 Å². The summed E-state index contributed by atoms with van der Waals surface area (Å²) in [5.74, 6) is 5.40. The maximum Gasteiger partial charge on any atom is 0.137 e. The lowest BCUT2D eigenvalue weighted by Crippen LogP contribution is -2.29. The predicted molar refractivity (Wildman–Crippen MR) is 89.7 cm³/mol. The number of hydrazine groups is 1. The quantitative estimate of drug-likeness (QED) is 0.526. The number of nitrogens with one attached hydrogen (secondary N) is 1. The van der Waals surface area contributed by atoms with Crippen LogP contribution in [0.15, 0.2) is 52.3 Å². The molecule has 0 aliphatic heterocycles. The Morgan fingerprint density at radius 3 is 2.81 bits per heavy atom. The van der Waals surface area contributed by atoms with Gasteiger partial charge in [-0.15, -0.1) is 11.3 Å². The lowest BCUT2D eigenvalue weighted by atomic mass is 9.99. The molecule has 3 aromatic rings. The highest BCUT2D eigenvalue weighted by Crippen LogP contribution is 2.30. The summed E-state index contributed by atoms with van der Waals surface area (Å²) in [7, 11) is 0. The van der Waals surface area contributed by atoms with Crippen molar-refractivity contribution in [2.75, 3.05) is 0 Å². The summed E-state index contributed by atoms with van der Waals surface area (Å²) in [6, 6.07) is 13.3. The first-order valence-electron chi connectivity index (χ1n) is 6.55. The van der Waals surface area contributed by atoms with E-state index in [0.29, 0.717) is 4.47 Å². The summed E-state index contributed by atoms with van der Waals surface area (Å²) in [6.45, 7) is 0. The van der Waals surface area contributed by atoms with Gasteiger partial charge in [0.15, 0.2) is 0 Å². The van der Waals surface area contributed by atoms with Crippen molar-refractivity contribution < 1.29 is 4.39 Å². The van der Waals surface area contributed by atoms with Crippen LogP contribution in [0.5, 0.6) is 0 Å². The first-order chi connectivity index (χ1) is 10.2. The Morgan fingerprint density at radius 2 is 2.05 bits per heavy atom. The number of hydrogen-bond acceptors (Lipinski definition) is 3. The third-order valence-electron chi connectivity index (χ3n) is 3.53. The lowest BCUT2D eigenvalue weighted by molar-refractivity contribution is 0.545. The highest BCUT2D eigenvalue weighted by Gasteiger charge is 2.15. The molecule has 108 valence electrons. The molecule has 1 heterocycles. The van der Waals surface area contributed by atoms with Gasteiger partial charge in [0.05, 0.1) is 10.5 Å². The molecule has 3 rings (SSSR count). The lowest BCUT2D eigenvalue weighted by Gasteiger charge is -2.16. The van der Waals surface area contributed by atoms with Crippen molar-refractivity contribution in [2.24, 2.45) is 5.84 Å². The fourth-order valence-corrected chi connectivity index (χ4v) is 3.64. The smallest absolute Gasteiger partial charge is 0.137 e. The van der Waals surface area contributed by atoms with Crippen molar-refractivity contribution in [3.8, 4) is 0 Å². The van der Waals surface area contributed by atoms with E-state index in [1.165, 1.54) is 21.7 Å². The minimum atomic E-state index is -0.275. The van der Waals surface area contributed by atoms with Crippen molar-refractivity contribution in [3.05, 3.63) is 69.3 Å². The summed E-state index contributed by atoms with van der Waals surface area (Å²) >= 11 is 4.89. The molecule has 1 atom stereocenters. The molecule has 0 spiro atoms. The summed E-state index contributed by atoms with van der Waals surface area (Å²) in [5.41, 5.74) is 4.86. The molecular weight excluding hydrogens is 351 g/mol. The van der Waals surface area contributed by atoms with Gasteiger partial charge in [-0.1, -0.05) is 24.3 Å². The number of benzene rings is 2. The Balaban J connectivity index is 1.92. The van der Waals surface area contributed by atoms with Crippen molar-refractivity contribution in [1.82, 2.24) is 5.43 Å². The fraction of sp³-hybridized carbons (Fsp3) is 0.125. The van der Waals surface area contributed by atoms with Crippen LogP contribution in [0, 0.1) is 5.82 Å². The molecule has 2 aromatic carbocycles. The summed E-state index contributed by atoms with van der Waals surface area (Å²) in [4.78, 5) is 0. The van der Waals surface area contributed by atoms with Crippen LogP contribution >= 0.6 is 27.3 Å². The second-order valence-electron chi connectivity index (χ2n) is 4.85. The normalized spacial score (nSPS) is 12.7. The summed E-state index contributed by atoms with van der Waals surface area (Å²) < 4.78 is 15.4. The highest BCUT2D eigenvalue weighted by atomic mass is 79.9. The minimum Gasteiger partial charge on any atom is -0.271 e. The molecule has 0 fully saturated rings. The van der Waals surface area contributed by atoms with Crippen LogP contribution in [0.25, 0.3) is 10.1 Å². The first-order valence-corrected chi connectivity index (χ1v) is 8.22. The molecule has 0 saturated carbocycles. The van der Waals surface area contributed by atoms with E-state index in [1.807, 2.05) is 18.2 Å². The van der Waals surface area contributed by atoms with Gasteiger partial charge < -0.3 is 0 Å². The molecule has 0 amide bonds. The molecular formula is C16H14BrFN2S. The van der Waals surface area contributed by atoms with Crippen LogP contribution in [0.1, 0.15) is 17.2 Å². The molecule has 0 aliphatic carbocycles. The molecule has 1 unspecified atom stereocenters. The van der Waals surface area contributed by atoms with E-state index in [4.69, 9.17) is 5.84 Å². The Morgan fingerprint density at radius 1 is 1.24 bits per heavy atom. The number of thiophene rings is 1. The molecule has 0 aliphatic rings. The maximum absolute atomic E-state index is 13.7. The number of nitrogens with two attached hydrogens (primary N) is 1. The van der Waals surface area contributed by atoms with Gasteiger partial charge in [-0.3, -0.25) is 11.3 Å². The van der Waals surface area contributed by atoms with Gasteiger partial charge in [0.1, 0.15) is 5.82 Å². The second kappa shape index (κ2) is 6.23. The molecule has 0 radical (unpaired) electrons. The van der Waals surface area contributed by atoms with Crippen molar-refractivity contribution in [2.45, 2.75) is 12.5 Å². The van der Waals surface area contributed by atoms with Crippen LogP contribution in [0.4, 0.5) is 4.39 Å². The zero-order valence-corrected chi connectivity index (χ0v) is 13.5. The number of fused-ring (bicyclic) bond motifs is 1. The Labute approximate surface area is 134 Å². The van der Waals surface area contributed by atoms with E-state index in [9.17, 15) is 4.39 Å². The van der Waals surface area contributed by atoms with Crippen LogP contribution in [-0.4, -0.2) is 0 Å². The van der Waals surface area contributed by atoms with Gasteiger partial charge in [-0.05, 0) is 62.4 Å². The molecule has 0 bridgehead atoms. The van der Waals surface area contributed by atoms with Crippen LogP contribution < -0.4 is 11.3 Å². The third kappa shape index (κ3) is 3.01. The van der Waals surface area contributed by atoms with E-state index in [0.717, 1.165) is 12.0 Å². The number of hydrogen-bond donors (Lipinski definition) is 2. The Kier molecular flexibility index (Phi) is 4.35. The summed E-state index contributed by atoms with van der Waals surface area (Å²) in [6.07, 6.45) is 0.724. The van der Waals surface area contributed by atoms with Gasteiger partial charge in [0.2, 0.25) is 0 Å². The Hall–Kier alpha value is -1.27. The van der Waals surface area contributed by atoms with Gasteiger partial charge in [0.25, 0.3) is 0 Å². The summed E-state index contributed by atoms with van der Waals surface area (Å²) in [5, 5.41) is 3.38.